The molecule has 116 valence electrons. The molecule has 0 saturated heterocycles. The van der Waals surface area contributed by atoms with E-state index in [0.717, 1.165) is 24.5 Å². The minimum atomic E-state index is 0.0150. The van der Waals surface area contributed by atoms with E-state index >= 15 is 0 Å². The zero-order chi connectivity index (χ0) is 15.8. The molecular formula is C18H23N3O. The van der Waals surface area contributed by atoms with Crippen LogP contribution in [0.25, 0.3) is 0 Å². The number of aryl methyl sites for hydroxylation is 1. The third kappa shape index (κ3) is 4.58. The second kappa shape index (κ2) is 8.17. The number of carbonyl (C=O) groups excluding carboxylic acids is 1. The Morgan fingerprint density at radius 1 is 1.09 bits per heavy atom. The van der Waals surface area contributed by atoms with Gasteiger partial charge in [-0.3, -0.25) is 9.78 Å². The number of nitrogens with one attached hydrogen (secondary N) is 1. The Kier molecular flexibility index (Phi) is 5.95. The van der Waals surface area contributed by atoms with E-state index in [1.165, 1.54) is 5.69 Å². The molecule has 2 aromatic rings. The Morgan fingerprint density at radius 2 is 1.82 bits per heavy atom. The van der Waals surface area contributed by atoms with Crippen molar-refractivity contribution >= 4 is 17.3 Å². The summed E-state index contributed by atoms with van der Waals surface area (Å²) in [5.74, 6) is 0.0150. The van der Waals surface area contributed by atoms with E-state index < -0.39 is 0 Å². The third-order valence-corrected chi connectivity index (χ3v) is 3.61. The van der Waals surface area contributed by atoms with E-state index in [9.17, 15) is 4.79 Å². The van der Waals surface area contributed by atoms with Crippen molar-refractivity contribution in [2.75, 3.05) is 23.3 Å². The van der Waals surface area contributed by atoms with E-state index in [1.54, 1.807) is 6.20 Å². The van der Waals surface area contributed by atoms with Crippen molar-refractivity contribution in [3.8, 4) is 0 Å². The van der Waals surface area contributed by atoms with Crippen molar-refractivity contribution in [3.63, 3.8) is 0 Å². The summed E-state index contributed by atoms with van der Waals surface area (Å²) in [6.45, 7) is 6.23. The summed E-state index contributed by atoms with van der Waals surface area (Å²) < 4.78 is 0. The highest BCUT2D eigenvalue weighted by molar-refractivity contribution is 5.91. The van der Waals surface area contributed by atoms with Gasteiger partial charge >= 0.3 is 0 Å². The Balaban J connectivity index is 1.86. The lowest BCUT2D eigenvalue weighted by molar-refractivity contribution is -0.116. The van der Waals surface area contributed by atoms with Crippen LogP contribution < -0.4 is 10.2 Å². The van der Waals surface area contributed by atoms with Crippen LogP contribution in [0, 0.1) is 0 Å². The fourth-order valence-corrected chi connectivity index (χ4v) is 2.36. The molecule has 0 unspecified atom stereocenters. The van der Waals surface area contributed by atoms with Crippen molar-refractivity contribution < 1.29 is 4.79 Å². The maximum absolute atomic E-state index is 12.0. The molecule has 0 fully saturated rings. The lowest BCUT2D eigenvalue weighted by Crippen LogP contribution is -2.21. The van der Waals surface area contributed by atoms with E-state index in [0.29, 0.717) is 12.8 Å². The van der Waals surface area contributed by atoms with Gasteiger partial charge in [-0.2, -0.15) is 0 Å². The highest BCUT2D eigenvalue weighted by Gasteiger charge is 2.05. The van der Waals surface area contributed by atoms with Gasteiger partial charge in [0.05, 0.1) is 0 Å². The molecule has 0 aliphatic rings. The molecule has 2 rings (SSSR count). The first-order chi connectivity index (χ1) is 10.7. The molecular weight excluding hydrogens is 274 g/mol. The number of hydrogen-bond acceptors (Lipinski definition) is 3. The van der Waals surface area contributed by atoms with Crippen LogP contribution in [0.1, 0.15) is 26.0 Å². The molecule has 0 aliphatic heterocycles. The van der Waals surface area contributed by atoms with E-state index in [-0.39, 0.29) is 5.91 Å². The molecule has 1 N–H and O–H groups in total. The molecule has 4 heteroatoms. The van der Waals surface area contributed by atoms with Crippen LogP contribution in [0.2, 0.25) is 0 Å². The van der Waals surface area contributed by atoms with E-state index in [1.807, 2.05) is 42.5 Å². The molecule has 1 aromatic heterocycles. The number of pyridine rings is 1. The number of nitrogens with zero attached hydrogens (tertiary/aromatic N) is 2. The Bertz CT molecular complexity index is 577. The highest BCUT2D eigenvalue weighted by Crippen LogP contribution is 2.17. The Hall–Kier alpha value is -2.36. The second-order valence-corrected chi connectivity index (χ2v) is 5.09. The number of benzene rings is 1. The van der Waals surface area contributed by atoms with Gasteiger partial charge in [0, 0.05) is 42.8 Å². The van der Waals surface area contributed by atoms with Crippen LogP contribution in [0.5, 0.6) is 0 Å². The van der Waals surface area contributed by atoms with E-state index in [2.05, 4.69) is 29.0 Å². The molecule has 0 bridgehead atoms. The third-order valence-electron chi connectivity index (χ3n) is 3.61. The second-order valence-electron chi connectivity index (χ2n) is 5.09. The maximum Gasteiger partial charge on any atom is 0.224 e. The largest absolute Gasteiger partial charge is 0.372 e. The van der Waals surface area contributed by atoms with Gasteiger partial charge in [-0.15, -0.1) is 0 Å². The van der Waals surface area contributed by atoms with Gasteiger partial charge in [0.15, 0.2) is 0 Å². The zero-order valence-electron chi connectivity index (χ0n) is 13.2. The normalized spacial score (nSPS) is 10.3. The van der Waals surface area contributed by atoms with Crippen molar-refractivity contribution in [2.45, 2.75) is 26.7 Å². The smallest absolute Gasteiger partial charge is 0.224 e. The molecule has 4 nitrogen and oxygen atoms in total. The lowest BCUT2D eigenvalue weighted by atomic mass is 10.2. The summed E-state index contributed by atoms with van der Waals surface area (Å²) in [5, 5.41) is 2.93. The van der Waals surface area contributed by atoms with Crippen LogP contribution in [-0.4, -0.2) is 24.0 Å². The topological polar surface area (TPSA) is 45.2 Å². The number of carbonyl (C=O) groups is 1. The molecule has 0 atom stereocenters. The quantitative estimate of drug-likeness (QED) is 0.850. The van der Waals surface area contributed by atoms with Gasteiger partial charge in [-0.25, -0.2) is 0 Å². The molecule has 0 radical (unpaired) electrons. The molecule has 0 saturated carbocycles. The van der Waals surface area contributed by atoms with Gasteiger partial charge in [0.25, 0.3) is 0 Å². The van der Waals surface area contributed by atoms with E-state index in [4.69, 9.17) is 0 Å². The summed E-state index contributed by atoms with van der Waals surface area (Å²) in [5.41, 5.74) is 2.95. The van der Waals surface area contributed by atoms with Crippen molar-refractivity contribution in [3.05, 3.63) is 54.4 Å². The predicted molar refractivity (Wildman–Crippen MR) is 91.2 cm³/mol. The zero-order valence-corrected chi connectivity index (χ0v) is 13.2. The van der Waals surface area contributed by atoms with Crippen LogP contribution in [0.3, 0.4) is 0 Å². The molecule has 1 aromatic carbocycles. The van der Waals surface area contributed by atoms with Crippen LogP contribution in [-0.2, 0) is 11.2 Å². The summed E-state index contributed by atoms with van der Waals surface area (Å²) in [4.78, 5) is 18.5. The fraction of sp³-hybridized carbons (Fsp3) is 0.333. The number of amides is 1. The Labute approximate surface area is 132 Å². The van der Waals surface area contributed by atoms with Crippen LogP contribution in [0.15, 0.2) is 48.7 Å². The van der Waals surface area contributed by atoms with Crippen molar-refractivity contribution in [1.82, 2.24) is 4.98 Å². The first kappa shape index (κ1) is 16.0. The molecule has 1 heterocycles. The Morgan fingerprint density at radius 3 is 2.41 bits per heavy atom. The van der Waals surface area contributed by atoms with Crippen LogP contribution >= 0.6 is 0 Å². The van der Waals surface area contributed by atoms with Gasteiger partial charge in [0.1, 0.15) is 0 Å². The number of hydrogen-bond donors (Lipinski definition) is 1. The number of rotatable bonds is 7. The van der Waals surface area contributed by atoms with Crippen LogP contribution in [0.4, 0.5) is 11.4 Å². The first-order valence-corrected chi connectivity index (χ1v) is 7.77. The average Bonchev–Trinajstić information content (AvgIpc) is 2.56. The van der Waals surface area contributed by atoms with Gasteiger partial charge in [-0.1, -0.05) is 6.07 Å². The lowest BCUT2D eigenvalue weighted by Gasteiger charge is -2.21. The highest BCUT2D eigenvalue weighted by atomic mass is 16.1. The van der Waals surface area contributed by atoms with Crippen molar-refractivity contribution in [1.29, 1.82) is 0 Å². The average molecular weight is 297 g/mol. The van der Waals surface area contributed by atoms with Gasteiger partial charge in [0.2, 0.25) is 5.91 Å². The predicted octanol–water partition coefficient (Wildman–Crippen LogP) is 3.50. The maximum atomic E-state index is 12.0. The minimum Gasteiger partial charge on any atom is -0.372 e. The summed E-state index contributed by atoms with van der Waals surface area (Å²) in [6.07, 6.45) is 2.85. The fourth-order valence-electron chi connectivity index (χ4n) is 2.36. The molecule has 1 amide bonds. The van der Waals surface area contributed by atoms with Crippen molar-refractivity contribution in [2.24, 2.45) is 0 Å². The van der Waals surface area contributed by atoms with Gasteiger partial charge in [-0.05, 0) is 56.7 Å². The standard InChI is InChI=1S/C18H23N3O/c1-3-21(4-2)17-11-8-16(9-12-17)20-18(22)13-10-15-7-5-6-14-19-15/h5-9,11-12,14H,3-4,10,13H2,1-2H3,(H,20,22). The number of aromatic nitrogens is 1. The molecule has 0 spiro atoms. The van der Waals surface area contributed by atoms with Gasteiger partial charge < -0.3 is 10.2 Å². The summed E-state index contributed by atoms with van der Waals surface area (Å²) >= 11 is 0. The minimum absolute atomic E-state index is 0.0150. The molecule has 22 heavy (non-hydrogen) atoms. The summed E-state index contributed by atoms with van der Waals surface area (Å²) in [7, 11) is 0. The monoisotopic (exact) mass is 297 g/mol. The molecule has 0 aliphatic carbocycles. The number of anilines is 2. The summed E-state index contributed by atoms with van der Waals surface area (Å²) in [6, 6.07) is 13.7. The SMILES string of the molecule is CCN(CC)c1ccc(NC(=O)CCc2ccccn2)cc1. The first-order valence-electron chi connectivity index (χ1n) is 7.77.